The SMILES string of the molecule is N[C@H]1CC(c2cc(F)ccc2F)Oc2cc(F)ccc21. The number of hydrogen-bond donors (Lipinski definition) is 1. The number of rotatable bonds is 1. The minimum atomic E-state index is -0.727. The highest BCUT2D eigenvalue weighted by Crippen LogP contribution is 2.40. The van der Waals surface area contributed by atoms with E-state index >= 15 is 0 Å². The van der Waals surface area contributed by atoms with Gasteiger partial charge in [-0.25, -0.2) is 13.2 Å². The van der Waals surface area contributed by atoms with E-state index in [9.17, 15) is 13.2 Å². The molecule has 1 aliphatic rings. The van der Waals surface area contributed by atoms with Gasteiger partial charge in [0.1, 0.15) is 29.3 Å². The summed E-state index contributed by atoms with van der Waals surface area (Å²) in [4.78, 5) is 0. The van der Waals surface area contributed by atoms with Crippen LogP contribution in [0.4, 0.5) is 13.2 Å². The predicted octanol–water partition coefficient (Wildman–Crippen LogP) is 3.63. The number of benzene rings is 2. The molecule has 0 amide bonds. The van der Waals surface area contributed by atoms with Gasteiger partial charge < -0.3 is 10.5 Å². The summed E-state index contributed by atoms with van der Waals surface area (Å²) in [5.41, 5.74) is 6.75. The molecule has 0 bridgehead atoms. The first-order valence-electron chi connectivity index (χ1n) is 6.21. The van der Waals surface area contributed by atoms with E-state index in [2.05, 4.69) is 0 Å². The molecule has 0 aliphatic carbocycles. The van der Waals surface area contributed by atoms with E-state index in [1.165, 1.54) is 12.1 Å². The van der Waals surface area contributed by atoms with Gasteiger partial charge in [0.15, 0.2) is 0 Å². The van der Waals surface area contributed by atoms with Crippen molar-refractivity contribution in [3.63, 3.8) is 0 Å². The summed E-state index contributed by atoms with van der Waals surface area (Å²) in [6.07, 6.45) is -0.422. The normalized spacial score (nSPS) is 21.2. The van der Waals surface area contributed by atoms with Gasteiger partial charge >= 0.3 is 0 Å². The van der Waals surface area contributed by atoms with Crippen molar-refractivity contribution in [2.45, 2.75) is 18.6 Å². The van der Waals surface area contributed by atoms with Crippen LogP contribution in [0, 0.1) is 17.5 Å². The average molecular weight is 279 g/mol. The summed E-state index contributed by atoms with van der Waals surface area (Å²) in [5, 5.41) is 0. The first kappa shape index (κ1) is 13.0. The molecule has 0 fully saturated rings. The van der Waals surface area contributed by atoms with E-state index in [0.29, 0.717) is 12.0 Å². The molecule has 5 heteroatoms. The van der Waals surface area contributed by atoms with Crippen LogP contribution in [0.2, 0.25) is 0 Å². The van der Waals surface area contributed by atoms with E-state index in [1.54, 1.807) is 6.07 Å². The van der Waals surface area contributed by atoms with Gasteiger partial charge in [0.05, 0.1) is 0 Å². The molecular formula is C15H12F3NO. The lowest BCUT2D eigenvalue weighted by molar-refractivity contribution is 0.156. The highest BCUT2D eigenvalue weighted by atomic mass is 19.1. The number of halogens is 3. The molecule has 104 valence electrons. The van der Waals surface area contributed by atoms with Crippen molar-refractivity contribution in [2.75, 3.05) is 0 Å². The Kier molecular flexibility index (Phi) is 3.14. The van der Waals surface area contributed by atoms with Crippen molar-refractivity contribution in [1.82, 2.24) is 0 Å². The maximum Gasteiger partial charge on any atom is 0.130 e. The molecule has 2 aromatic carbocycles. The Balaban J connectivity index is 2.00. The molecule has 2 nitrogen and oxygen atoms in total. The van der Waals surface area contributed by atoms with Crippen LogP contribution in [0.25, 0.3) is 0 Å². The van der Waals surface area contributed by atoms with Crippen molar-refractivity contribution < 1.29 is 17.9 Å². The van der Waals surface area contributed by atoms with Crippen LogP contribution in [0.1, 0.15) is 29.7 Å². The molecule has 2 N–H and O–H groups in total. The second kappa shape index (κ2) is 4.83. The first-order valence-corrected chi connectivity index (χ1v) is 6.21. The highest BCUT2D eigenvalue weighted by Gasteiger charge is 2.29. The van der Waals surface area contributed by atoms with Gasteiger partial charge in [-0.15, -0.1) is 0 Å². The molecule has 1 heterocycles. The molecule has 0 aromatic heterocycles. The summed E-state index contributed by atoms with van der Waals surface area (Å²) < 4.78 is 45.8. The highest BCUT2D eigenvalue weighted by molar-refractivity contribution is 5.39. The molecule has 1 aliphatic heterocycles. The topological polar surface area (TPSA) is 35.2 Å². The maximum absolute atomic E-state index is 13.8. The van der Waals surface area contributed by atoms with E-state index in [0.717, 1.165) is 18.2 Å². The van der Waals surface area contributed by atoms with E-state index in [4.69, 9.17) is 10.5 Å². The fourth-order valence-corrected chi connectivity index (χ4v) is 2.43. The van der Waals surface area contributed by atoms with Crippen molar-refractivity contribution in [3.8, 4) is 5.75 Å². The number of nitrogens with two attached hydrogens (primary N) is 1. The molecule has 0 radical (unpaired) electrons. The Morgan fingerprint density at radius 3 is 2.45 bits per heavy atom. The van der Waals surface area contributed by atoms with Crippen molar-refractivity contribution in [1.29, 1.82) is 0 Å². The Morgan fingerprint density at radius 1 is 0.950 bits per heavy atom. The number of hydrogen-bond acceptors (Lipinski definition) is 2. The van der Waals surface area contributed by atoms with Crippen LogP contribution in [-0.4, -0.2) is 0 Å². The fourth-order valence-electron chi connectivity index (χ4n) is 2.43. The summed E-state index contributed by atoms with van der Waals surface area (Å²) in [5.74, 6) is -1.30. The van der Waals surface area contributed by atoms with Crippen LogP contribution in [0.5, 0.6) is 5.75 Å². The van der Waals surface area contributed by atoms with Gasteiger partial charge in [0, 0.05) is 29.7 Å². The maximum atomic E-state index is 13.8. The van der Waals surface area contributed by atoms with Crippen LogP contribution in [-0.2, 0) is 0 Å². The molecule has 1 unspecified atom stereocenters. The standard InChI is InChI=1S/C15H12F3NO/c16-8-2-4-12(18)11(5-8)15-7-13(19)10-3-1-9(17)6-14(10)20-15/h1-6,13,15H,7,19H2/t13-,15?/m0/s1. The Labute approximate surface area is 114 Å². The van der Waals surface area contributed by atoms with Crippen molar-refractivity contribution >= 4 is 0 Å². The quantitative estimate of drug-likeness (QED) is 0.865. The average Bonchev–Trinajstić information content (AvgIpc) is 2.41. The second-order valence-electron chi connectivity index (χ2n) is 4.80. The fraction of sp³-hybridized carbons (Fsp3) is 0.200. The zero-order valence-electron chi connectivity index (χ0n) is 10.4. The van der Waals surface area contributed by atoms with Gasteiger partial charge in [-0.1, -0.05) is 6.07 Å². The van der Waals surface area contributed by atoms with Crippen LogP contribution >= 0.6 is 0 Å². The second-order valence-corrected chi connectivity index (χ2v) is 4.80. The van der Waals surface area contributed by atoms with E-state index in [1.807, 2.05) is 0 Å². The molecular weight excluding hydrogens is 267 g/mol. The summed E-state index contributed by atoms with van der Waals surface area (Å²) >= 11 is 0. The third kappa shape index (κ3) is 2.25. The minimum Gasteiger partial charge on any atom is -0.485 e. The smallest absolute Gasteiger partial charge is 0.130 e. The van der Waals surface area contributed by atoms with Crippen molar-refractivity contribution in [3.05, 3.63) is 65.0 Å². The minimum absolute atomic E-state index is 0.0929. The van der Waals surface area contributed by atoms with Crippen molar-refractivity contribution in [2.24, 2.45) is 5.73 Å². The Hall–Kier alpha value is -2.01. The number of fused-ring (bicyclic) bond motifs is 1. The monoisotopic (exact) mass is 279 g/mol. The molecule has 2 aromatic rings. The predicted molar refractivity (Wildman–Crippen MR) is 67.7 cm³/mol. The third-order valence-electron chi connectivity index (χ3n) is 3.42. The van der Waals surface area contributed by atoms with Gasteiger partial charge in [0.2, 0.25) is 0 Å². The molecule has 2 atom stereocenters. The zero-order chi connectivity index (χ0) is 14.3. The first-order chi connectivity index (χ1) is 9.54. The molecule has 3 rings (SSSR count). The van der Waals surface area contributed by atoms with Gasteiger partial charge in [-0.05, 0) is 24.3 Å². The largest absolute Gasteiger partial charge is 0.485 e. The third-order valence-corrected chi connectivity index (χ3v) is 3.42. The lowest BCUT2D eigenvalue weighted by Crippen LogP contribution is -2.25. The Morgan fingerprint density at radius 2 is 1.65 bits per heavy atom. The van der Waals surface area contributed by atoms with Gasteiger partial charge in [0.25, 0.3) is 0 Å². The summed E-state index contributed by atoms with van der Waals surface area (Å²) in [6.45, 7) is 0. The molecule has 20 heavy (non-hydrogen) atoms. The molecule has 0 saturated heterocycles. The molecule has 0 saturated carbocycles. The summed E-state index contributed by atoms with van der Waals surface area (Å²) in [7, 11) is 0. The Bertz CT molecular complexity index is 660. The van der Waals surface area contributed by atoms with E-state index in [-0.39, 0.29) is 11.3 Å². The summed E-state index contributed by atoms with van der Waals surface area (Å²) in [6, 6.07) is 6.80. The zero-order valence-corrected chi connectivity index (χ0v) is 10.4. The lowest BCUT2D eigenvalue weighted by atomic mass is 9.93. The van der Waals surface area contributed by atoms with Crippen LogP contribution in [0.3, 0.4) is 0 Å². The van der Waals surface area contributed by atoms with Gasteiger partial charge in [-0.2, -0.15) is 0 Å². The lowest BCUT2D eigenvalue weighted by Gasteiger charge is -2.30. The van der Waals surface area contributed by atoms with Crippen LogP contribution < -0.4 is 10.5 Å². The van der Waals surface area contributed by atoms with Crippen LogP contribution in [0.15, 0.2) is 36.4 Å². The molecule has 0 spiro atoms. The van der Waals surface area contributed by atoms with Gasteiger partial charge in [-0.3, -0.25) is 0 Å². The number of ether oxygens (including phenoxy) is 1. The van der Waals surface area contributed by atoms with E-state index < -0.39 is 29.6 Å².